The van der Waals surface area contributed by atoms with Crippen molar-refractivity contribution in [1.29, 1.82) is 0 Å². The third-order valence-corrected chi connectivity index (χ3v) is 2.59. The van der Waals surface area contributed by atoms with Crippen molar-refractivity contribution in [1.82, 2.24) is 5.32 Å². The highest BCUT2D eigenvalue weighted by atomic mass is 16.5. The maximum absolute atomic E-state index is 9.32. The molecule has 15 heavy (non-hydrogen) atoms. The van der Waals surface area contributed by atoms with Crippen molar-refractivity contribution < 1.29 is 9.84 Å². The Labute approximate surface area is 94.2 Å². The van der Waals surface area contributed by atoms with Crippen molar-refractivity contribution in [2.24, 2.45) is 0 Å². The number of ether oxygens (including phenoxy) is 1. The van der Waals surface area contributed by atoms with Gasteiger partial charge in [0.2, 0.25) is 0 Å². The van der Waals surface area contributed by atoms with Crippen LogP contribution in [0.5, 0.6) is 0 Å². The number of aliphatic hydroxyl groups is 1. The Balaban J connectivity index is 3.84. The number of hydrogen-bond acceptors (Lipinski definition) is 3. The normalized spacial score (nSPS) is 17.4. The molecule has 0 aliphatic heterocycles. The zero-order chi connectivity index (χ0) is 11.7. The van der Waals surface area contributed by atoms with Crippen LogP contribution in [0.4, 0.5) is 0 Å². The molecular weight excluding hydrogens is 190 g/mol. The van der Waals surface area contributed by atoms with Gasteiger partial charge in [-0.3, -0.25) is 0 Å². The van der Waals surface area contributed by atoms with Crippen molar-refractivity contribution in [3.05, 3.63) is 0 Å². The van der Waals surface area contributed by atoms with Crippen LogP contribution in [0, 0.1) is 0 Å². The lowest BCUT2D eigenvalue weighted by molar-refractivity contribution is 0.0272. The predicted molar refractivity (Wildman–Crippen MR) is 64.1 cm³/mol. The van der Waals surface area contributed by atoms with Gasteiger partial charge in [0.25, 0.3) is 0 Å². The molecule has 92 valence electrons. The second-order valence-corrected chi connectivity index (χ2v) is 4.49. The molecule has 0 aromatic carbocycles. The first-order valence-corrected chi connectivity index (χ1v) is 6.05. The van der Waals surface area contributed by atoms with Crippen molar-refractivity contribution >= 4 is 0 Å². The summed E-state index contributed by atoms with van der Waals surface area (Å²) in [5, 5.41) is 12.6. The molecule has 0 rings (SSSR count). The van der Waals surface area contributed by atoms with E-state index in [0.29, 0.717) is 0 Å². The lowest BCUT2D eigenvalue weighted by Gasteiger charge is -2.31. The van der Waals surface area contributed by atoms with Gasteiger partial charge in [-0.1, -0.05) is 20.3 Å². The zero-order valence-corrected chi connectivity index (χ0v) is 10.7. The van der Waals surface area contributed by atoms with Gasteiger partial charge >= 0.3 is 0 Å². The minimum Gasteiger partial charge on any atom is -0.394 e. The molecule has 0 amide bonds. The quantitative estimate of drug-likeness (QED) is 0.580. The molecule has 0 heterocycles. The van der Waals surface area contributed by atoms with Crippen LogP contribution in [0.3, 0.4) is 0 Å². The van der Waals surface area contributed by atoms with Gasteiger partial charge < -0.3 is 15.2 Å². The summed E-state index contributed by atoms with van der Waals surface area (Å²) >= 11 is 0. The predicted octanol–water partition coefficient (Wildman–Crippen LogP) is 1.94. The van der Waals surface area contributed by atoms with Gasteiger partial charge in [0, 0.05) is 12.1 Å². The Morgan fingerprint density at radius 3 is 2.53 bits per heavy atom. The highest BCUT2D eigenvalue weighted by molar-refractivity contribution is 4.83. The number of hydrogen-bond donors (Lipinski definition) is 2. The summed E-state index contributed by atoms with van der Waals surface area (Å²) in [6, 6.07) is 0. The van der Waals surface area contributed by atoms with E-state index >= 15 is 0 Å². The highest BCUT2D eigenvalue weighted by Crippen LogP contribution is 2.14. The van der Waals surface area contributed by atoms with E-state index in [1.807, 2.05) is 6.92 Å². The molecular formula is C12H27NO2. The lowest BCUT2D eigenvalue weighted by Crippen LogP contribution is -2.48. The zero-order valence-electron chi connectivity index (χ0n) is 10.7. The minimum absolute atomic E-state index is 0.155. The molecule has 3 heteroatoms. The average molecular weight is 217 g/mol. The summed E-state index contributed by atoms with van der Waals surface area (Å²) in [4.78, 5) is 0. The van der Waals surface area contributed by atoms with E-state index in [0.717, 1.165) is 32.4 Å². The van der Waals surface area contributed by atoms with E-state index in [4.69, 9.17) is 4.74 Å². The molecule has 2 N–H and O–H groups in total. The third-order valence-electron chi connectivity index (χ3n) is 2.59. The van der Waals surface area contributed by atoms with Crippen molar-refractivity contribution in [2.45, 2.75) is 58.6 Å². The summed E-state index contributed by atoms with van der Waals surface area (Å²) in [6.45, 7) is 10.2. The maximum atomic E-state index is 9.32. The van der Waals surface area contributed by atoms with Crippen LogP contribution >= 0.6 is 0 Å². The second-order valence-electron chi connectivity index (χ2n) is 4.49. The van der Waals surface area contributed by atoms with E-state index in [-0.39, 0.29) is 18.2 Å². The van der Waals surface area contributed by atoms with Crippen LogP contribution in [0.15, 0.2) is 0 Å². The Kier molecular flexibility index (Phi) is 8.02. The van der Waals surface area contributed by atoms with Crippen LogP contribution in [0.2, 0.25) is 0 Å². The summed E-state index contributed by atoms with van der Waals surface area (Å²) in [7, 11) is 0. The van der Waals surface area contributed by atoms with Crippen LogP contribution in [0.25, 0.3) is 0 Å². The monoisotopic (exact) mass is 217 g/mol. The largest absolute Gasteiger partial charge is 0.394 e. The van der Waals surface area contributed by atoms with Gasteiger partial charge in [0.15, 0.2) is 0 Å². The van der Waals surface area contributed by atoms with Crippen LogP contribution < -0.4 is 5.32 Å². The number of aliphatic hydroxyl groups excluding tert-OH is 1. The SMILES string of the molecule is CCCCOC(C)CC(C)(CO)NCC. The fraction of sp³-hybridized carbons (Fsp3) is 1.00. The minimum atomic E-state index is -0.208. The molecule has 0 saturated heterocycles. The van der Waals surface area contributed by atoms with E-state index in [9.17, 15) is 5.11 Å². The van der Waals surface area contributed by atoms with Crippen molar-refractivity contribution in [3.63, 3.8) is 0 Å². The molecule has 0 spiro atoms. The van der Waals surface area contributed by atoms with E-state index in [1.165, 1.54) is 0 Å². The average Bonchev–Trinajstić information content (AvgIpc) is 2.18. The molecule has 0 aliphatic rings. The van der Waals surface area contributed by atoms with Gasteiger partial charge in [0.05, 0.1) is 12.7 Å². The summed E-state index contributed by atoms with van der Waals surface area (Å²) in [5.41, 5.74) is -0.208. The van der Waals surface area contributed by atoms with E-state index in [1.54, 1.807) is 0 Å². The topological polar surface area (TPSA) is 41.5 Å². The lowest BCUT2D eigenvalue weighted by atomic mass is 9.96. The van der Waals surface area contributed by atoms with Gasteiger partial charge in [0.1, 0.15) is 0 Å². The summed E-state index contributed by atoms with van der Waals surface area (Å²) in [6.07, 6.45) is 3.33. The Morgan fingerprint density at radius 2 is 2.07 bits per heavy atom. The van der Waals surface area contributed by atoms with Crippen LogP contribution in [-0.2, 0) is 4.74 Å². The van der Waals surface area contributed by atoms with Crippen molar-refractivity contribution in [2.75, 3.05) is 19.8 Å². The Bertz CT molecular complexity index is 153. The standard InChI is InChI=1S/C12H27NO2/c1-5-7-8-15-11(3)9-12(4,10-14)13-6-2/h11,13-14H,5-10H2,1-4H3. The van der Waals surface area contributed by atoms with Gasteiger partial charge in [-0.2, -0.15) is 0 Å². The number of nitrogens with one attached hydrogen (secondary N) is 1. The van der Waals surface area contributed by atoms with Gasteiger partial charge in [-0.15, -0.1) is 0 Å². The fourth-order valence-corrected chi connectivity index (χ4v) is 1.74. The molecule has 0 aromatic heterocycles. The van der Waals surface area contributed by atoms with E-state index in [2.05, 4.69) is 26.1 Å². The molecule has 2 unspecified atom stereocenters. The molecule has 0 fully saturated rings. The molecule has 0 radical (unpaired) electrons. The number of unbranched alkanes of at least 4 members (excludes halogenated alkanes) is 1. The van der Waals surface area contributed by atoms with Gasteiger partial charge in [-0.25, -0.2) is 0 Å². The Hall–Kier alpha value is -0.120. The highest BCUT2D eigenvalue weighted by Gasteiger charge is 2.24. The van der Waals surface area contributed by atoms with E-state index < -0.39 is 0 Å². The number of rotatable bonds is 9. The first kappa shape index (κ1) is 14.9. The first-order valence-electron chi connectivity index (χ1n) is 6.05. The second kappa shape index (κ2) is 8.08. The molecule has 0 aliphatic carbocycles. The number of likely N-dealkylation sites (N-methyl/N-ethyl adjacent to an activating group) is 1. The first-order chi connectivity index (χ1) is 7.08. The van der Waals surface area contributed by atoms with Crippen LogP contribution in [0.1, 0.15) is 47.0 Å². The fourth-order valence-electron chi connectivity index (χ4n) is 1.74. The van der Waals surface area contributed by atoms with Crippen LogP contribution in [-0.4, -0.2) is 36.5 Å². The molecule has 3 nitrogen and oxygen atoms in total. The summed E-state index contributed by atoms with van der Waals surface area (Å²) < 4.78 is 5.68. The molecule has 0 saturated carbocycles. The van der Waals surface area contributed by atoms with Crippen molar-refractivity contribution in [3.8, 4) is 0 Å². The Morgan fingerprint density at radius 1 is 1.40 bits per heavy atom. The molecule has 0 aromatic rings. The third kappa shape index (κ3) is 6.88. The van der Waals surface area contributed by atoms with Gasteiger partial charge in [-0.05, 0) is 33.2 Å². The molecule has 0 bridgehead atoms. The summed E-state index contributed by atoms with van der Waals surface area (Å²) in [5.74, 6) is 0. The smallest absolute Gasteiger partial charge is 0.0611 e. The maximum Gasteiger partial charge on any atom is 0.0611 e. The molecule has 2 atom stereocenters.